The van der Waals surface area contributed by atoms with Crippen LogP contribution in [0, 0.1) is 17.3 Å². The van der Waals surface area contributed by atoms with Crippen molar-refractivity contribution < 1.29 is 14.4 Å². The zero-order valence-corrected chi connectivity index (χ0v) is 16.2. The quantitative estimate of drug-likeness (QED) is 0.640. The van der Waals surface area contributed by atoms with E-state index in [9.17, 15) is 14.4 Å². The van der Waals surface area contributed by atoms with Crippen LogP contribution in [0.15, 0.2) is 0 Å². The summed E-state index contributed by atoms with van der Waals surface area (Å²) >= 11 is 0. The average Bonchev–Trinajstić information content (AvgIpc) is 3.09. The molecule has 2 saturated heterocycles. The Kier molecular flexibility index (Phi) is 5.28. The third-order valence-corrected chi connectivity index (χ3v) is 5.96. The molecule has 3 fully saturated rings. The van der Waals surface area contributed by atoms with Gasteiger partial charge in [0.05, 0.1) is 0 Å². The summed E-state index contributed by atoms with van der Waals surface area (Å²) in [4.78, 5) is 38.7. The lowest BCUT2D eigenvalue weighted by molar-refractivity contribution is -0.137. The second-order valence-electron chi connectivity index (χ2n) is 9.26. The van der Waals surface area contributed by atoms with E-state index in [1.165, 1.54) is 0 Å². The van der Waals surface area contributed by atoms with E-state index in [0.717, 1.165) is 37.3 Å². The number of hydrogen-bond acceptors (Lipinski definition) is 4. The van der Waals surface area contributed by atoms with Crippen molar-refractivity contribution in [3.63, 3.8) is 0 Å². The highest BCUT2D eigenvalue weighted by Crippen LogP contribution is 2.46. The molecule has 2 aliphatic heterocycles. The zero-order valence-electron chi connectivity index (χ0n) is 16.2. The van der Waals surface area contributed by atoms with Crippen LogP contribution in [0.2, 0.25) is 0 Å². The molecule has 3 aliphatic rings. The van der Waals surface area contributed by atoms with Crippen molar-refractivity contribution in [3.05, 3.63) is 0 Å². The molecule has 3 rings (SSSR count). The van der Waals surface area contributed by atoms with E-state index in [0.29, 0.717) is 31.2 Å². The maximum Gasteiger partial charge on any atom is 0.325 e. The van der Waals surface area contributed by atoms with Gasteiger partial charge in [-0.25, -0.2) is 4.79 Å². The van der Waals surface area contributed by atoms with Crippen LogP contribution in [0.25, 0.3) is 0 Å². The van der Waals surface area contributed by atoms with E-state index >= 15 is 0 Å². The Bertz CT molecular complexity index is 585. The minimum absolute atomic E-state index is 0.00576. The number of amides is 4. The monoisotopic (exact) mass is 364 g/mol. The molecule has 7 heteroatoms. The molecule has 1 aliphatic carbocycles. The first-order valence-corrected chi connectivity index (χ1v) is 9.82. The molecule has 0 aromatic rings. The van der Waals surface area contributed by atoms with Crippen LogP contribution < -0.4 is 16.0 Å². The maximum absolute atomic E-state index is 13.0. The number of hydrogen-bond donors (Lipinski definition) is 3. The summed E-state index contributed by atoms with van der Waals surface area (Å²) in [7, 11) is 0. The van der Waals surface area contributed by atoms with Crippen LogP contribution in [0.1, 0.15) is 52.9 Å². The van der Waals surface area contributed by atoms with Gasteiger partial charge in [-0.05, 0) is 62.4 Å². The van der Waals surface area contributed by atoms with E-state index < -0.39 is 11.6 Å². The summed E-state index contributed by atoms with van der Waals surface area (Å²) in [6, 6.07) is -0.435. The fraction of sp³-hybridized carbons (Fsp3) is 0.842. The summed E-state index contributed by atoms with van der Waals surface area (Å²) in [6.45, 7) is 8.83. The molecule has 146 valence electrons. The molecule has 2 heterocycles. The number of nitrogens with one attached hydrogen (secondary N) is 3. The predicted molar refractivity (Wildman–Crippen MR) is 98.4 cm³/mol. The SMILES string of the molecule is CC1CC(C)(C)CC2(C1)NC(=O)N(CC(=O)NCCC1CCNC1)C2=O. The molecule has 26 heavy (non-hydrogen) atoms. The molecule has 1 saturated carbocycles. The molecular weight excluding hydrogens is 332 g/mol. The van der Waals surface area contributed by atoms with Gasteiger partial charge in [-0.3, -0.25) is 14.5 Å². The van der Waals surface area contributed by atoms with Gasteiger partial charge in [0.25, 0.3) is 5.91 Å². The third-order valence-electron chi connectivity index (χ3n) is 5.96. The normalized spacial score (nSPS) is 33.6. The molecule has 0 aromatic carbocycles. The number of imide groups is 1. The summed E-state index contributed by atoms with van der Waals surface area (Å²) in [5, 5.41) is 9.07. The van der Waals surface area contributed by atoms with Gasteiger partial charge >= 0.3 is 6.03 Å². The van der Waals surface area contributed by atoms with Gasteiger partial charge in [0.15, 0.2) is 0 Å². The summed E-state index contributed by atoms with van der Waals surface area (Å²) in [6.07, 6.45) is 4.37. The van der Waals surface area contributed by atoms with Gasteiger partial charge in [0.1, 0.15) is 12.1 Å². The van der Waals surface area contributed by atoms with Gasteiger partial charge in [0, 0.05) is 6.54 Å². The van der Waals surface area contributed by atoms with E-state index in [4.69, 9.17) is 0 Å². The van der Waals surface area contributed by atoms with Gasteiger partial charge in [-0.1, -0.05) is 20.8 Å². The van der Waals surface area contributed by atoms with Crippen LogP contribution in [-0.2, 0) is 9.59 Å². The number of carbonyl (C=O) groups excluding carboxylic acids is 3. The van der Waals surface area contributed by atoms with Gasteiger partial charge in [-0.15, -0.1) is 0 Å². The van der Waals surface area contributed by atoms with Crippen molar-refractivity contribution >= 4 is 17.8 Å². The highest BCUT2D eigenvalue weighted by Gasteiger charge is 2.56. The van der Waals surface area contributed by atoms with Gasteiger partial charge < -0.3 is 16.0 Å². The van der Waals surface area contributed by atoms with Crippen molar-refractivity contribution in [1.82, 2.24) is 20.9 Å². The predicted octanol–water partition coefficient (Wildman–Crippen LogP) is 1.24. The van der Waals surface area contributed by atoms with Crippen LogP contribution >= 0.6 is 0 Å². The number of carbonyl (C=O) groups is 3. The molecule has 3 N–H and O–H groups in total. The van der Waals surface area contributed by atoms with Crippen molar-refractivity contribution in [2.75, 3.05) is 26.2 Å². The van der Waals surface area contributed by atoms with Crippen LogP contribution in [0.4, 0.5) is 4.79 Å². The second kappa shape index (κ2) is 7.18. The Balaban J connectivity index is 1.56. The fourth-order valence-corrected chi connectivity index (χ4v) is 5.23. The summed E-state index contributed by atoms with van der Waals surface area (Å²) in [5.74, 6) is 0.454. The molecule has 0 bridgehead atoms. The standard InChI is InChI=1S/C19H32N4O3/c1-13-8-18(2,3)12-19(9-13)16(25)23(17(26)22-19)11-15(24)21-7-5-14-4-6-20-10-14/h13-14,20H,4-12H2,1-3H3,(H,21,24)(H,22,26). The fourth-order valence-electron chi connectivity index (χ4n) is 5.23. The molecule has 3 unspecified atom stereocenters. The first-order chi connectivity index (χ1) is 12.2. The molecule has 0 radical (unpaired) electrons. The van der Waals surface area contributed by atoms with Crippen LogP contribution in [0.3, 0.4) is 0 Å². The Hall–Kier alpha value is -1.63. The Labute approximate surface area is 155 Å². The van der Waals surface area contributed by atoms with Crippen LogP contribution in [0.5, 0.6) is 0 Å². The first kappa shape index (κ1) is 19.1. The highest BCUT2D eigenvalue weighted by molar-refractivity contribution is 6.09. The first-order valence-electron chi connectivity index (χ1n) is 9.82. The molecule has 4 amide bonds. The topological polar surface area (TPSA) is 90.5 Å². The maximum atomic E-state index is 13.0. The van der Waals surface area contributed by atoms with E-state index in [1.807, 2.05) is 0 Å². The van der Waals surface area contributed by atoms with E-state index in [-0.39, 0.29) is 23.8 Å². The average molecular weight is 364 g/mol. The van der Waals surface area contributed by atoms with Gasteiger partial charge in [-0.2, -0.15) is 0 Å². The lowest BCUT2D eigenvalue weighted by atomic mass is 9.64. The van der Waals surface area contributed by atoms with Gasteiger partial charge in [0.2, 0.25) is 5.91 Å². The number of urea groups is 1. The Morgan fingerprint density at radius 2 is 2.08 bits per heavy atom. The largest absolute Gasteiger partial charge is 0.355 e. The molecule has 7 nitrogen and oxygen atoms in total. The van der Waals surface area contributed by atoms with Crippen molar-refractivity contribution in [3.8, 4) is 0 Å². The Morgan fingerprint density at radius 3 is 2.73 bits per heavy atom. The van der Waals surface area contributed by atoms with Crippen molar-refractivity contribution in [2.45, 2.75) is 58.4 Å². The molecule has 0 aromatic heterocycles. The number of nitrogens with zero attached hydrogens (tertiary/aromatic N) is 1. The third kappa shape index (κ3) is 4.03. The second-order valence-corrected chi connectivity index (χ2v) is 9.26. The number of rotatable bonds is 5. The zero-order chi connectivity index (χ0) is 18.9. The summed E-state index contributed by atoms with van der Waals surface area (Å²) in [5.41, 5.74) is -0.845. The highest BCUT2D eigenvalue weighted by atomic mass is 16.2. The van der Waals surface area contributed by atoms with Crippen molar-refractivity contribution in [2.24, 2.45) is 17.3 Å². The smallest absolute Gasteiger partial charge is 0.325 e. The minimum Gasteiger partial charge on any atom is -0.355 e. The Morgan fingerprint density at radius 1 is 1.31 bits per heavy atom. The van der Waals surface area contributed by atoms with Crippen molar-refractivity contribution in [1.29, 1.82) is 0 Å². The lowest BCUT2D eigenvalue weighted by Gasteiger charge is -2.43. The minimum atomic E-state index is -0.839. The summed E-state index contributed by atoms with van der Waals surface area (Å²) < 4.78 is 0. The lowest BCUT2D eigenvalue weighted by Crippen LogP contribution is -2.54. The molecular formula is C19H32N4O3. The van der Waals surface area contributed by atoms with E-state index in [2.05, 4.69) is 36.7 Å². The molecule has 3 atom stereocenters. The van der Waals surface area contributed by atoms with E-state index in [1.54, 1.807) is 0 Å². The molecule has 1 spiro atoms. The van der Waals surface area contributed by atoms with Crippen LogP contribution in [-0.4, -0.2) is 54.5 Å².